The summed E-state index contributed by atoms with van der Waals surface area (Å²) in [4.78, 5) is 0. The van der Waals surface area contributed by atoms with E-state index in [9.17, 15) is 0 Å². The average molecular weight is 601 g/mol. The van der Waals surface area contributed by atoms with Crippen molar-refractivity contribution < 1.29 is 61.6 Å². The minimum atomic E-state index is -0.310. The third kappa shape index (κ3) is 32.0. The summed E-state index contributed by atoms with van der Waals surface area (Å²) in [7, 11) is 3.25. The fraction of sp³-hybridized carbons (Fsp3) is 0.929. The van der Waals surface area contributed by atoms with E-state index in [1.165, 1.54) is 0 Å². The lowest BCUT2D eigenvalue weighted by molar-refractivity contribution is -0.0854. The molecule has 0 heterocycles. The Morgan fingerprint density at radius 2 is 0.707 bits per heavy atom. The molecule has 0 spiro atoms. The van der Waals surface area contributed by atoms with Gasteiger partial charge in [0.1, 0.15) is 13.6 Å². The van der Waals surface area contributed by atoms with Crippen LogP contribution in [0.3, 0.4) is 0 Å². The van der Waals surface area contributed by atoms with Gasteiger partial charge in [-0.1, -0.05) is 13.0 Å². The largest absolute Gasteiger partial charge is 0.382 e. The molecule has 0 fully saturated rings. The molecule has 0 unspecified atom stereocenters. The maximum Gasteiger partial charge on any atom is 0.146 e. The molecule has 0 aliphatic carbocycles. The van der Waals surface area contributed by atoms with E-state index in [1.807, 2.05) is 0 Å². The third-order valence-electron chi connectivity index (χ3n) is 5.02. The summed E-state index contributed by atoms with van der Waals surface area (Å²) in [6.45, 7) is 16.0. The second kappa shape index (κ2) is 33.7. The Kier molecular flexibility index (Phi) is 33.1. The van der Waals surface area contributed by atoms with Crippen molar-refractivity contribution in [3.63, 3.8) is 0 Å². The van der Waals surface area contributed by atoms with Crippen molar-refractivity contribution in [1.29, 1.82) is 0 Å². The molecule has 41 heavy (non-hydrogen) atoms. The van der Waals surface area contributed by atoms with Crippen molar-refractivity contribution in [1.82, 2.24) is 0 Å². The predicted octanol–water partition coefficient (Wildman–Crippen LogP) is 1.57. The van der Waals surface area contributed by atoms with Crippen LogP contribution in [0.5, 0.6) is 0 Å². The van der Waals surface area contributed by atoms with Crippen LogP contribution in [0, 0.1) is 5.41 Å². The van der Waals surface area contributed by atoms with Crippen molar-refractivity contribution >= 4 is 0 Å². The average Bonchev–Trinajstić information content (AvgIpc) is 2.97. The van der Waals surface area contributed by atoms with Gasteiger partial charge in [-0.3, -0.25) is 0 Å². The van der Waals surface area contributed by atoms with Gasteiger partial charge in [0.2, 0.25) is 0 Å². The fourth-order valence-electron chi connectivity index (χ4n) is 2.90. The standard InChI is InChI=1S/C28H56O13/c1-5-6-35-23-28(2,24-36-19-15-31-11-13-33-17-21-40-26-38-9-7-29-3)25-37-20-16-32-12-14-34-18-22-41-27-39-10-8-30-4/h5H,1,6-27H2,2-4H3. The number of methoxy groups -OCH3 is 2. The van der Waals surface area contributed by atoms with Gasteiger partial charge in [0.25, 0.3) is 0 Å². The first kappa shape index (κ1) is 40.2. The molecule has 0 saturated heterocycles. The smallest absolute Gasteiger partial charge is 0.146 e. The Morgan fingerprint density at radius 1 is 0.415 bits per heavy atom. The first-order chi connectivity index (χ1) is 20.2. The highest BCUT2D eigenvalue weighted by Crippen LogP contribution is 2.18. The summed E-state index contributed by atoms with van der Waals surface area (Å²) in [6, 6.07) is 0. The molecule has 0 N–H and O–H groups in total. The maximum atomic E-state index is 5.84. The molecule has 0 aliphatic heterocycles. The zero-order valence-electron chi connectivity index (χ0n) is 25.6. The second-order valence-electron chi connectivity index (χ2n) is 9.02. The van der Waals surface area contributed by atoms with Crippen molar-refractivity contribution in [2.75, 3.05) is 160 Å². The zero-order valence-corrected chi connectivity index (χ0v) is 25.6. The van der Waals surface area contributed by atoms with Crippen LogP contribution in [-0.4, -0.2) is 160 Å². The third-order valence-corrected chi connectivity index (χ3v) is 5.02. The molecule has 13 nitrogen and oxygen atoms in total. The first-order valence-corrected chi connectivity index (χ1v) is 14.1. The van der Waals surface area contributed by atoms with E-state index in [4.69, 9.17) is 61.6 Å². The van der Waals surface area contributed by atoms with Crippen LogP contribution in [0.1, 0.15) is 6.92 Å². The summed E-state index contributed by atoms with van der Waals surface area (Å²) in [6.07, 6.45) is 1.72. The van der Waals surface area contributed by atoms with Gasteiger partial charge in [-0.2, -0.15) is 0 Å². The van der Waals surface area contributed by atoms with E-state index in [2.05, 4.69) is 13.5 Å². The molecule has 246 valence electrons. The molecule has 0 radical (unpaired) electrons. The van der Waals surface area contributed by atoms with Crippen molar-refractivity contribution in [2.24, 2.45) is 5.41 Å². The highest BCUT2D eigenvalue weighted by molar-refractivity contribution is 4.75. The monoisotopic (exact) mass is 600 g/mol. The Hall–Kier alpha value is -0.780. The maximum absolute atomic E-state index is 5.84. The molecule has 13 heteroatoms. The molecule has 0 aromatic rings. The molecular weight excluding hydrogens is 544 g/mol. The van der Waals surface area contributed by atoms with Crippen LogP contribution in [0.2, 0.25) is 0 Å². The van der Waals surface area contributed by atoms with Gasteiger partial charge in [-0.05, 0) is 0 Å². The van der Waals surface area contributed by atoms with Gasteiger partial charge in [0, 0.05) is 19.6 Å². The summed E-state index contributed by atoms with van der Waals surface area (Å²) in [5.74, 6) is 0. The highest BCUT2D eigenvalue weighted by atomic mass is 16.7. The summed E-state index contributed by atoms with van der Waals surface area (Å²) in [5.41, 5.74) is -0.310. The number of hydrogen-bond donors (Lipinski definition) is 0. The molecule has 0 rings (SSSR count). The predicted molar refractivity (Wildman–Crippen MR) is 151 cm³/mol. The van der Waals surface area contributed by atoms with Gasteiger partial charge in [-0.25, -0.2) is 0 Å². The molecule has 0 aromatic heterocycles. The molecule has 0 atom stereocenters. The van der Waals surface area contributed by atoms with E-state index in [1.54, 1.807) is 20.3 Å². The lowest BCUT2D eigenvalue weighted by atomic mass is 9.94. The molecule has 0 bridgehead atoms. The van der Waals surface area contributed by atoms with Gasteiger partial charge < -0.3 is 61.6 Å². The van der Waals surface area contributed by atoms with E-state index < -0.39 is 0 Å². The first-order valence-electron chi connectivity index (χ1n) is 14.1. The number of hydrogen-bond acceptors (Lipinski definition) is 13. The Bertz CT molecular complexity index is 479. The zero-order chi connectivity index (χ0) is 30.0. The van der Waals surface area contributed by atoms with Gasteiger partial charge in [0.05, 0.1) is 132 Å². The minimum absolute atomic E-state index is 0.233. The summed E-state index contributed by atoms with van der Waals surface area (Å²) < 4.78 is 70.1. The topological polar surface area (TPSA) is 120 Å². The number of rotatable bonds is 36. The quantitative estimate of drug-likeness (QED) is 0.0588. The molecule has 0 aliphatic rings. The highest BCUT2D eigenvalue weighted by Gasteiger charge is 2.25. The van der Waals surface area contributed by atoms with Crippen LogP contribution in [0.15, 0.2) is 12.7 Å². The Morgan fingerprint density at radius 3 is 1.05 bits per heavy atom. The normalized spacial score (nSPS) is 11.9. The Balaban J connectivity index is 3.69. The van der Waals surface area contributed by atoms with Crippen LogP contribution >= 0.6 is 0 Å². The van der Waals surface area contributed by atoms with E-state index in [0.29, 0.717) is 132 Å². The SMILES string of the molecule is C=CCOCC(C)(COCCOCCOCCOCOCCOC)COCCOCCOCCOCOCCOC. The van der Waals surface area contributed by atoms with E-state index in [-0.39, 0.29) is 19.0 Å². The van der Waals surface area contributed by atoms with Crippen LogP contribution in [-0.2, 0) is 61.6 Å². The lowest BCUT2D eigenvalue weighted by Gasteiger charge is -2.29. The molecule has 0 aromatic carbocycles. The van der Waals surface area contributed by atoms with E-state index >= 15 is 0 Å². The van der Waals surface area contributed by atoms with Gasteiger partial charge >= 0.3 is 0 Å². The minimum Gasteiger partial charge on any atom is -0.382 e. The van der Waals surface area contributed by atoms with Crippen LogP contribution in [0.25, 0.3) is 0 Å². The van der Waals surface area contributed by atoms with E-state index in [0.717, 1.165) is 0 Å². The van der Waals surface area contributed by atoms with Gasteiger partial charge in [0.15, 0.2) is 0 Å². The lowest BCUT2D eigenvalue weighted by Crippen LogP contribution is -2.35. The fourth-order valence-corrected chi connectivity index (χ4v) is 2.90. The van der Waals surface area contributed by atoms with Crippen LogP contribution < -0.4 is 0 Å². The number of ether oxygens (including phenoxy) is 13. The Labute approximate surface area is 246 Å². The van der Waals surface area contributed by atoms with Crippen molar-refractivity contribution in [3.8, 4) is 0 Å². The molecule has 0 saturated carbocycles. The molecule has 0 amide bonds. The van der Waals surface area contributed by atoms with Gasteiger partial charge in [-0.15, -0.1) is 6.58 Å². The summed E-state index contributed by atoms with van der Waals surface area (Å²) >= 11 is 0. The second-order valence-corrected chi connectivity index (χ2v) is 9.02. The molecular formula is C28H56O13. The summed E-state index contributed by atoms with van der Waals surface area (Å²) in [5, 5.41) is 0. The van der Waals surface area contributed by atoms with Crippen LogP contribution in [0.4, 0.5) is 0 Å². The van der Waals surface area contributed by atoms with Crippen molar-refractivity contribution in [2.45, 2.75) is 6.92 Å². The van der Waals surface area contributed by atoms with Crippen molar-refractivity contribution in [3.05, 3.63) is 12.7 Å².